The number of aliphatic hydroxyl groups is 2. The lowest BCUT2D eigenvalue weighted by Gasteiger charge is -2.44. The zero-order valence-corrected chi connectivity index (χ0v) is 41.2. The number of esters is 1. The van der Waals surface area contributed by atoms with Crippen LogP contribution >= 0.6 is 0 Å². The number of methoxy groups -OCH3 is 3. The van der Waals surface area contributed by atoms with Crippen molar-refractivity contribution in [2.75, 3.05) is 21.3 Å². The predicted octanol–water partition coefficient (Wildman–Crippen LogP) is 7.20. The number of aliphatic hydroxyl groups excluding tert-OH is 2. The number of nitrogens with zero attached hydrogens (tertiary/aromatic N) is 4. The van der Waals surface area contributed by atoms with Crippen molar-refractivity contribution in [3.8, 4) is 12.3 Å². The number of rotatable bonds is 12. The third kappa shape index (κ3) is 13.9. The summed E-state index contributed by atoms with van der Waals surface area (Å²) in [6, 6.07) is 0. The van der Waals surface area contributed by atoms with Crippen LogP contribution < -0.4 is 0 Å². The van der Waals surface area contributed by atoms with Gasteiger partial charge in [0, 0.05) is 77.5 Å². The lowest BCUT2D eigenvalue weighted by Crippen LogP contribution is -2.52. The number of hydrogen-bond donors (Lipinski definition) is 2. The Balaban J connectivity index is 1.08. The van der Waals surface area contributed by atoms with E-state index < -0.39 is 48.4 Å². The molecule has 5 aliphatic heterocycles. The fraction of sp³-hybridized carbons (Fsp3) is 0.623. The largest absolute Gasteiger partial charge is 0.458 e. The molecule has 4 fully saturated rings. The van der Waals surface area contributed by atoms with Gasteiger partial charge in [-0.2, -0.15) is 0 Å². The summed E-state index contributed by atoms with van der Waals surface area (Å²) in [6.45, 7) is 12.2. The normalized spacial score (nSPS) is 35.9. The summed E-state index contributed by atoms with van der Waals surface area (Å²) in [5, 5.41) is 31.0. The van der Waals surface area contributed by atoms with Gasteiger partial charge in [0.15, 0.2) is 11.7 Å². The first-order chi connectivity index (χ1) is 33.2. The molecule has 0 spiro atoms. The Bertz CT molecular complexity index is 2240. The molecule has 0 radical (unpaired) electrons. The second kappa shape index (κ2) is 24.0. The molecule has 0 unspecified atom stereocenters. The van der Waals surface area contributed by atoms with Crippen LogP contribution in [0.1, 0.15) is 115 Å². The van der Waals surface area contributed by atoms with Gasteiger partial charge in [-0.3, -0.25) is 0 Å². The summed E-state index contributed by atoms with van der Waals surface area (Å²) in [5.74, 6) is 0.971. The molecule has 0 aliphatic carbocycles. The van der Waals surface area contributed by atoms with Crippen LogP contribution in [0.15, 0.2) is 76.6 Å². The van der Waals surface area contributed by atoms with Crippen LogP contribution in [-0.2, 0) is 49.1 Å². The maximum Gasteiger partial charge on any atom is 0.330 e. The molecule has 0 amide bonds. The molecule has 376 valence electrons. The molecule has 5 aliphatic rings. The SMILES string of the molecule is C#CC[C@H](/C=C/C(C)=C/[C@@H](O)[C@H]1C[C@@H](OC)C[C@](Cc2nc(/C=C(\C)[C@@H]3O[C@@H]4C/C=C\n5cc(nn5)[C@H]5C[C@H](O)C[C@@H](C[C@H]6CC(=C)C[C@H](C/C=C\C(=O)O[C@@H]([C@H]4C)[C@H]3C)O6)O5)co2)(OC)O1)OC. The van der Waals surface area contributed by atoms with E-state index in [1.165, 1.54) is 6.08 Å². The molecular formula is C53H72N4O12. The van der Waals surface area contributed by atoms with Gasteiger partial charge in [0.2, 0.25) is 0 Å². The minimum atomic E-state index is -1.20. The fourth-order valence-electron chi connectivity index (χ4n) is 10.4. The van der Waals surface area contributed by atoms with Crippen molar-refractivity contribution in [1.29, 1.82) is 0 Å². The second-order valence-corrected chi connectivity index (χ2v) is 19.5. The van der Waals surface area contributed by atoms with E-state index in [0.717, 1.165) is 16.7 Å². The highest BCUT2D eigenvalue weighted by Crippen LogP contribution is 2.40. The number of carbonyl (C=O) groups is 1. The van der Waals surface area contributed by atoms with E-state index in [9.17, 15) is 15.0 Å². The Morgan fingerprint density at radius 3 is 2.64 bits per heavy atom. The average molecular weight is 957 g/mol. The van der Waals surface area contributed by atoms with Crippen molar-refractivity contribution >= 4 is 18.2 Å². The molecule has 7 rings (SSSR count). The van der Waals surface area contributed by atoms with E-state index in [0.29, 0.717) is 81.5 Å². The molecule has 2 aromatic heterocycles. The van der Waals surface area contributed by atoms with Gasteiger partial charge in [-0.25, -0.2) is 14.5 Å². The summed E-state index contributed by atoms with van der Waals surface area (Å²) in [6.07, 6.45) is 24.0. The fourth-order valence-corrected chi connectivity index (χ4v) is 10.4. The highest BCUT2D eigenvalue weighted by molar-refractivity contribution is 5.82. The molecule has 4 saturated heterocycles. The molecule has 8 bridgehead atoms. The Morgan fingerprint density at radius 1 is 1.06 bits per heavy atom. The van der Waals surface area contributed by atoms with E-state index in [4.69, 9.17) is 53.7 Å². The van der Waals surface area contributed by atoms with Gasteiger partial charge in [-0.1, -0.05) is 67.2 Å². The van der Waals surface area contributed by atoms with Crippen LogP contribution in [0.25, 0.3) is 12.3 Å². The summed E-state index contributed by atoms with van der Waals surface area (Å²) >= 11 is 0. The smallest absolute Gasteiger partial charge is 0.330 e. The van der Waals surface area contributed by atoms with E-state index in [-0.39, 0.29) is 54.9 Å². The van der Waals surface area contributed by atoms with Crippen LogP contribution in [0.2, 0.25) is 0 Å². The van der Waals surface area contributed by atoms with Crippen LogP contribution in [0, 0.1) is 24.2 Å². The van der Waals surface area contributed by atoms with Crippen LogP contribution in [0.4, 0.5) is 0 Å². The van der Waals surface area contributed by atoms with Crippen LogP contribution in [0.5, 0.6) is 0 Å². The molecule has 0 aromatic carbocycles. The first kappa shape index (κ1) is 52.3. The minimum absolute atomic E-state index is 0.121. The first-order valence-corrected chi connectivity index (χ1v) is 24.3. The Labute approximate surface area is 406 Å². The van der Waals surface area contributed by atoms with Gasteiger partial charge in [0.05, 0.1) is 73.7 Å². The number of fused-ring (bicyclic) bond motifs is 9. The number of carbonyl (C=O) groups excluding carboxylic acids is 1. The highest BCUT2D eigenvalue weighted by Gasteiger charge is 2.46. The standard InChI is InChI=1S/C53H72N4O12/c1-10-13-39(61-7)18-17-32(2)22-45(59)48-27-43(62-8)28-53(63-9,69-48)29-49-54-37(31-64-49)23-34(4)51-36(6)52-35(5)46(67-51)15-12-19-57-30-44(55-56-57)47-25-38(58)24-42(66-47)26-41-21-33(3)20-40(65-41)14-11-16-50(60)68-52/h1,11-12,16-19,22-23,30-31,35-36,38-43,45-48,51-52,58-59H,3,13-15,20-21,24-29H2,2,4-9H3/b16-11-,18-17+,19-12-,32-22+,34-23+/t35-,36-,38+,39+,40-,41+,42-,43+,45+,46+,47+,48+,51-,52-,53-/m0/s1. The summed E-state index contributed by atoms with van der Waals surface area (Å²) < 4.78 is 57.6. The molecule has 69 heavy (non-hydrogen) atoms. The number of aromatic nitrogens is 4. The van der Waals surface area contributed by atoms with Crippen molar-refractivity contribution in [2.45, 2.75) is 177 Å². The molecular weight excluding hydrogens is 885 g/mol. The van der Waals surface area contributed by atoms with Crippen molar-refractivity contribution < 1.29 is 57.3 Å². The molecule has 15 atom stereocenters. The van der Waals surface area contributed by atoms with Crippen molar-refractivity contribution in [1.82, 2.24) is 20.0 Å². The van der Waals surface area contributed by atoms with Crippen LogP contribution in [0.3, 0.4) is 0 Å². The predicted molar refractivity (Wildman–Crippen MR) is 257 cm³/mol. The number of allylic oxidation sites excluding steroid dienone is 2. The van der Waals surface area contributed by atoms with Gasteiger partial charge in [0.25, 0.3) is 0 Å². The summed E-state index contributed by atoms with van der Waals surface area (Å²) in [5.41, 5.74) is 3.99. The molecule has 0 saturated carbocycles. The van der Waals surface area contributed by atoms with Crippen molar-refractivity contribution in [2.24, 2.45) is 11.8 Å². The van der Waals surface area contributed by atoms with Gasteiger partial charge < -0.3 is 52.5 Å². The van der Waals surface area contributed by atoms with Gasteiger partial charge >= 0.3 is 5.97 Å². The summed E-state index contributed by atoms with van der Waals surface area (Å²) in [4.78, 5) is 18.4. The first-order valence-electron chi connectivity index (χ1n) is 24.3. The third-order valence-corrected chi connectivity index (χ3v) is 14.1. The van der Waals surface area contributed by atoms with Gasteiger partial charge in [-0.05, 0) is 57.6 Å². The van der Waals surface area contributed by atoms with Crippen LogP contribution in [-0.4, -0.2) is 130 Å². The Morgan fingerprint density at radius 2 is 1.87 bits per heavy atom. The van der Waals surface area contributed by atoms with Crippen molar-refractivity contribution in [3.63, 3.8) is 0 Å². The summed E-state index contributed by atoms with van der Waals surface area (Å²) in [7, 11) is 4.80. The maximum atomic E-state index is 13.6. The minimum Gasteiger partial charge on any atom is -0.458 e. The second-order valence-electron chi connectivity index (χ2n) is 19.5. The zero-order chi connectivity index (χ0) is 49.2. The maximum absolute atomic E-state index is 13.6. The monoisotopic (exact) mass is 957 g/mol. The molecule has 7 heterocycles. The highest BCUT2D eigenvalue weighted by atomic mass is 16.7. The van der Waals surface area contributed by atoms with E-state index in [1.54, 1.807) is 38.4 Å². The topological polar surface area (TPSA) is 188 Å². The molecule has 16 nitrogen and oxygen atoms in total. The number of hydrogen-bond acceptors (Lipinski definition) is 15. The molecule has 2 aromatic rings. The molecule has 16 heteroatoms. The van der Waals surface area contributed by atoms with Gasteiger partial charge in [0.1, 0.15) is 29.9 Å². The zero-order valence-electron chi connectivity index (χ0n) is 41.2. The van der Waals surface area contributed by atoms with E-state index in [1.807, 2.05) is 70.5 Å². The van der Waals surface area contributed by atoms with Crippen molar-refractivity contribution in [3.05, 3.63) is 89.5 Å². The average Bonchev–Trinajstić information content (AvgIpc) is 3.98. The Hall–Kier alpha value is -4.54. The number of oxazole rings is 1. The van der Waals surface area contributed by atoms with E-state index >= 15 is 0 Å². The van der Waals surface area contributed by atoms with E-state index in [2.05, 4.69) is 22.8 Å². The molecule has 2 N–H and O–H groups in total. The number of terminal acetylenes is 1. The Kier molecular flexibility index (Phi) is 18.2. The lowest BCUT2D eigenvalue weighted by molar-refractivity contribution is -0.298. The van der Waals surface area contributed by atoms with Gasteiger partial charge in [-0.15, -0.1) is 17.4 Å². The third-order valence-electron chi connectivity index (χ3n) is 14.1. The number of ether oxygens (including phenoxy) is 8. The quantitative estimate of drug-likeness (QED) is 0.0941. The lowest BCUT2D eigenvalue weighted by atomic mass is 9.79.